The zero-order valence-electron chi connectivity index (χ0n) is 10.3. The lowest BCUT2D eigenvalue weighted by atomic mass is 10.2. The molecular weight excluding hydrogens is 248 g/mol. The van der Waals surface area contributed by atoms with Crippen molar-refractivity contribution in [1.82, 2.24) is 9.78 Å². The molecule has 0 amide bonds. The smallest absolute Gasteiger partial charge is 0.342 e. The van der Waals surface area contributed by atoms with Gasteiger partial charge in [0.1, 0.15) is 10.6 Å². The molecule has 0 aliphatic rings. The van der Waals surface area contributed by atoms with Gasteiger partial charge in [0.15, 0.2) is 0 Å². The van der Waals surface area contributed by atoms with Gasteiger partial charge in [0, 0.05) is 12.8 Å². The molecule has 0 radical (unpaired) electrons. The first-order valence-corrected chi connectivity index (χ1v) is 6.48. The molecule has 0 fully saturated rings. The Morgan fingerprint density at radius 2 is 2.11 bits per heavy atom. The van der Waals surface area contributed by atoms with Crippen molar-refractivity contribution in [3.8, 4) is 0 Å². The summed E-state index contributed by atoms with van der Waals surface area (Å²) in [4.78, 5) is 11.6. The number of esters is 1. The number of carbonyl (C=O) groups excluding carboxylic acids is 1. The molecule has 1 aromatic heterocycles. The molecule has 0 unspecified atom stereocenters. The number of rotatable bonds is 4. The number of nitrogens with zero attached hydrogens (tertiary/aromatic N) is 2. The molecule has 0 N–H and O–H groups in total. The summed E-state index contributed by atoms with van der Waals surface area (Å²) >= 11 is 1.58. The molecule has 0 saturated heterocycles. The van der Waals surface area contributed by atoms with Crippen LogP contribution in [0.3, 0.4) is 0 Å². The fourth-order valence-corrected chi connectivity index (χ4v) is 2.59. The Labute approximate surface area is 110 Å². The highest BCUT2D eigenvalue weighted by molar-refractivity contribution is 7.98. The van der Waals surface area contributed by atoms with Crippen molar-refractivity contribution in [1.29, 1.82) is 0 Å². The monoisotopic (exact) mass is 262 g/mol. The number of aromatic nitrogens is 2. The maximum absolute atomic E-state index is 11.6. The minimum Gasteiger partial charge on any atom is -0.465 e. The Hall–Kier alpha value is -1.75. The lowest BCUT2D eigenvalue weighted by molar-refractivity contribution is 0.0596. The van der Waals surface area contributed by atoms with Crippen LogP contribution in [-0.4, -0.2) is 22.9 Å². The van der Waals surface area contributed by atoms with Crippen molar-refractivity contribution >= 4 is 17.7 Å². The van der Waals surface area contributed by atoms with Gasteiger partial charge in [0.05, 0.1) is 13.3 Å². The van der Waals surface area contributed by atoms with Crippen molar-refractivity contribution in [3.05, 3.63) is 47.7 Å². The lowest BCUT2D eigenvalue weighted by Crippen LogP contribution is -2.03. The number of thioether (sulfide) groups is 1. The quantitative estimate of drug-likeness (QED) is 0.627. The summed E-state index contributed by atoms with van der Waals surface area (Å²) in [6, 6.07) is 10.1. The van der Waals surface area contributed by atoms with Gasteiger partial charge in [-0.1, -0.05) is 30.3 Å². The van der Waals surface area contributed by atoms with E-state index in [9.17, 15) is 4.79 Å². The molecule has 94 valence electrons. The second-order valence-corrected chi connectivity index (χ2v) is 4.72. The molecule has 1 aromatic carbocycles. The number of ether oxygens (including phenoxy) is 1. The third-order valence-corrected chi connectivity index (χ3v) is 3.74. The molecule has 1 heterocycles. The van der Waals surface area contributed by atoms with E-state index in [1.54, 1.807) is 22.6 Å². The van der Waals surface area contributed by atoms with Gasteiger partial charge in [0.25, 0.3) is 0 Å². The molecule has 0 spiro atoms. The van der Waals surface area contributed by atoms with Crippen LogP contribution >= 0.6 is 11.8 Å². The zero-order valence-corrected chi connectivity index (χ0v) is 11.1. The van der Waals surface area contributed by atoms with E-state index >= 15 is 0 Å². The molecule has 0 bridgehead atoms. The maximum atomic E-state index is 11.6. The summed E-state index contributed by atoms with van der Waals surface area (Å²) in [7, 11) is 3.20. The van der Waals surface area contributed by atoms with Crippen LogP contribution in [0.25, 0.3) is 0 Å². The van der Waals surface area contributed by atoms with Gasteiger partial charge in [-0.25, -0.2) is 4.79 Å². The van der Waals surface area contributed by atoms with Gasteiger partial charge in [-0.15, -0.1) is 11.8 Å². The van der Waals surface area contributed by atoms with E-state index in [4.69, 9.17) is 4.74 Å². The third-order valence-electron chi connectivity index (χ3n) is 2.51. The molecule has 2 rings (SSSR count). The Kier molecular flexibility index (Phi) is 4.04. The highest BCUT2D eigenvalue weighted by Crippen LogP contribution is 2.26. The van der Waals surface area contributed by atoms with E-state index in [0.29, 0.717) is 5.56 Å². The number of hydrogen-bond donors (Lipinski definition) is 0. The summed E-state index contributed by atoms with van der Waals surface area (Å²) < 4.78 is 6.43. The van der Waals surface area contributed by atoms with Crippen LogP contribution in [0, 0.1) is 0 Å². The van der Waals surface area contributed by atoms with Gasteiger partial charge in [-0.3, -0.25) is 4.68 Å². The minimum atomic E-state index is -0.348. The van der Waals surface area contributed by atoms with E-state index in [2.05, 4.69) is 17.2 Å². The van der Waals surface area contributed by atoms with Crippen LogP contribution in [0.1, 0.15) is 15.9 Å². The topological polar surface area (TPSA) is 44.1 Å². The fourth-order valence-electron chi connectivity index (χ4n) is 1.57. The number of aryl methyl sites for hydroxylation is 1. The summed E-state index contributed by atoms with van der Waals surface area (Å²) in [5.41, 5.74) is 1.72. The summed E-state index contributed by atoms with van der Waals surface area (Å²) in [5.74, 6) is 0.448. The first-order chi connectivity index (χ1) is 8.72. The van der Waals surface area contributed by atoms with Crippen LogP contribution in [0.5, 0.6) is 0 Å². The molecule has 0 aliphatic carbocycles. The van der Waals surface area contributed by atoms with E-state index in [1.165, 1.54) is 12.7 Å². The standard InChI is InChI=1S/C13H14N2O2S/c1-15-12(11(8-14-15)13(16)17-2)18-9-10-6-4-3-5-7-10/h3-8H,9H2,1-2H3. The predicted octanol–water partition coefficient (Wildman–Crippen LogP) is 2.50. The first kappa shape index (κ1) is 12.7. The Balaban J connectivity index is 2.14. The van der Waals surface area contributed by atoms with Gasteiger partial charge < -0.3 is 4.74 Å². The zero-order chi connectivity index (χ0) is 13.0. The Morgan fingerprint density at radius 1 is 1.39 bits per heavy atom. The normalized spacial score (nSPS) is 10.3. The molecule has 0 saturated carbocycles. The van der Waals surface area contributed by atoms with Crippen molar-refractivity contribution < 1.29 is 9.53 Å². The fraction of sp³-hybridized carbons (Fsp3) is 0.231. The average Bonchev–Trinajstić information content (AvgIpc) is 2.78. The van der Waals surface area contributed by atoms with E-state index < -0.39 is 0 Å². The van der Waals surface area contributed by atoms with Crippen molar-refractivity contribution in [2.45, 2.75) is 10.8 Å². The van der Waals surface area contributed by atoms with Crippen molar-refractivity contribution in [2.75, 3.05) is 7.11 Å². The van der Waals surface area contributed by atoms with Gasteiger partial charge in [-0.2, -0.15) is 5.10 Å². The molecule has 2 aromatic rings. The number of hydrogen-bond acceptors (Lipinski definition) is 4. The average molecular weight is 262 g/mol. The van der Waals surface area contributed by atoms with E-state index in [0.717, 1.165) is 10.8 Å². The SMILES string of the molecule is COC(=O)c1cnn(C)c1SCc1ccccc1. The highest BCUT2D eigenvalue weighted by atomic mass is 32.2. The van der Waals surface area contributed by atoms with Crippen LogP contribution in [0.15, 0.2) is 41.6 Å². The van der Waals surface area contributed by atoms with Crippen LogP contribution < -0.4 is 0 Å². The largest absolute Gasteiger partial charge is 0.465 e. The summed E-state index contributed by atoms with van der Waals surface area (Å²) in [5, 5.41) is 4.92. The second kappa shape index (κ2) is 5.73. The van der Waals surface area contributed by atoms with Gasteiger partial charge >= 0.3 is 5.97 Å². The second-order valence-electron chi connectivity index (χ2n) is 3.75. The molecule has 0 aliphatic heterocycles. The van der Waals surface area contributed by atoms with Gasteiger partial charge in [-0.05, 0) is 5.56 Å². The summed E-state index contributed by atoms with van der Waals surface area (Å²) in [6.45, 7) is 0. The lowest BCUT2D eigenvalue weighted by Gasteiger charge is -2.05. The van der Waals surface area contributed by atoms with Crippen LogP contribution in [0.2, 0.25) is 0 Å². The predicted molar refractivity (Wildman–Crippen MR) is 70.6 cm³/mol. The minimum absolute atomic E-state index is 0.348. The van der Waals surface area contributed by atoms with Crippen molar-refractivity contribution in [2.24, 2.45) is 7.05 Å². The Morgan fingerprint density at radius 3 is 2.78 bits per heavy atom. The van der Waals surface area contributed by atoms with Crippen LogP contribution in [-0.2, 0) is 17.5 Å². The maximum Gasteiger partial charge on any atom is 0.342 e. The molecule has 0 atom stereocenters. The van der Waals surface area contributed by atoms with E-state index in [1.807, 2.05) is 25.2 Å². The van der Waals surface area contributed by atoms with Crippen LogP contribution in [0.4, 0.5) is 0 Å². The summed E-state index contributed by atoms with van der Waals surface area (Å²) in [6.07, 6.45) is 1.54. The molecule has 4 nitrogen and oxygen atoms in total. The third kappa shape index (κ3) is 2.73. The molecule has 18 heavy (non-hydrogen) atoms. The highest BCUT2D eigenvalue weighted by Gasteiger charge is 2.16. The van der Waals surface area contributed by atoms with E-state index in [-0.39, 0.29) is 5.97 Å². The molecular formula is C13H14N2O2S. The first-order valence-electron chi connectivity index (χ1n) is 5.49. The number of methoxy groups -OCH3 is 1. The number of benzene rings is 1. The molecule has 5 heteroatoms. The van der Waals surface area contributed by atoms with Gasteiger partial charge in [0.2, 0.25) is 0 Å². The Bertz CT molecular complexity index is 537. The van der Waals surface area contributed by atoms with Crippen molar-refractivity contribution in [3.63, 3.8) is 0 Å². The number of carbonyl (C=O) groups is 1.